The molecule has 0 bridgehead atoms. The molecule has 1 atom stereocenters. The van der Waals surface area contributed by atoms with Gasteiger partial charge in [0.05, 0.1) is 12.1 Å². The fraction of sp³-hybridized carbons (Fsp3) is 0.269. The SMILES string of the molecule is C[C@@H](C(=O)NC(c1ccccc1)c1ccccc1)N1CCN(c2ccccc2)CC1. The number of para-hydroxylation sites is 1. The number of rotatable bonds is 6. The van der Waals surface area contributed by atoms with Crippen molar-refractivity contribution in [2.45, 2.75) is 19.0 Å². The van der Waals surface area contributed by atoms with Gasteiger partial charge in [-0.2, -0.15) is 0 Å². The van der Waals surface area contributed by atoms with Crippen LogP contribution in [0.1, 0.15) is 24.1 Å². The molecule has 1 heterocycles. The molecule has 4 heteroatoms. The van der Waals surface area contributed by atoms with Gasteiger partial charge in [0.2, 0.25) is 5.91 Å². The van der Waals surface area contributed by atoms with Crippen molar-refractivity contribution in [1.82, 2.24) is 10.2 Å². The normalized spacial score (nSPS) is 15.7. The van der Waals surface area contributed by atoms with Crippen molar-refractivity contribution in [2.24, 2.45) is 0 Å². The first-order valence-electron chi connectivity index (χ1n) is 10.7. The minimum Gasteiger partial charge on any atom is -0.369 e. The molecule has 1 aliphatic rings. The minimum atomic E-state index is -0.169. The highest BCUT2D eigenvalue weighted by atomic mass is 16.2. The van der Waals surface area contributed by atoms with Gasteiger partial charge in [0, 0.05) is 31.9 Å². The summed E-state index contributed by atoms with van der Waals surface area (Å²) in [5.41, 5.74) is 3.44. The zero-order valence-corrected chi connectivity index (χ0v) is 17.4. The maximum Gasteiger partial charge on any atom is 0.237 e. The van der Waals surface area contributed by atoms with Crippen LogP contribution in [0.15, 0.2) is 91.0 Å². The van der Waals surface area contributed by atoms with E-state index in [0.717, 1.165) is 37.3 Å². The average molecular weight is 400 g/mol. The number of nitrogens with one attached hydrogen (secondary N) is 1. The first-order valence-corrected chi connectivity index (χ1v) is 10.7. The van der Waals surface area contributed by atoms with E-state index in [9.17, 15) is 4.79 Å². The van der Waals surface area contributed by atoms with Crippen molar-refractivity contribution in [2.75, 3.05) is 31.1 Å². The molecule has 4 nitrogen and oxygen atoms in total. The standard InChI is InChI=1S/C26H29N3O/c1-21(28-17-19-29(20-18-28)24-15-9-4-10-16-24)26(30)27-25(22-11-5-2-6-12-22)23-13-7-3-8-14-23/h2-16,21,25H,17-20H2,1H3,(H,27,30)/t21-/m0/s1. The zero-order valence-electron chi connectivity index (χ0n) is 17.4. The Morgan fingerprint density at radius 3 is 1.70 bits per heavy atom. The number of amides is 1. The highest BCUT2D eigenvalue weighted by Gasteiger charge is 2.27. The molecule has 1 fully saturated rings. The number of anilines is 1. The van der Waals surface area contributed by atoms with Crippen molar-refractivity contribution in [3.05, 3.63) is 102 Å². The van der Waals surface area contributed by atoms with Gasteiger partial charge in [-0.3, -0.25) is 9.69 Å². The fourth-order valence-electron chi connectivity index (χ4n) is 4.09. The first kappa shape index (κ1) is 20.2. The Kier molecular flexibility index (Phi) is 6.45. The lowest BCUT2D eigenvalue weighted by Gasteiger charge is -2.39. The van der Waals surface area contributed by atoms with E-state index in [-0.39, 0.29) is 18.0 Å². The van der Waals surface area contributed by atoms with Crippen LogP contribution in [0.4, 0.5) is 5.69 Å². The number of piperazine rings is 1. The summed E-state index contributed by atoms with van der Waals surface area (Å²) in [5.74, 6) is 0.0702. The molecule has 4 rings (SSSR count). The molecule has 1 aliphatic heterocycles. The third kappa shape index (κ3) is 4.71. The van der Waals surface area contributed by atoms with Crippen LogP contribution in [0.5, 0.6) is 0 Å². The molecule has 0 spiro atoms. The Labute approximate surface area is 179 Å². The molecule has 3 aromatic carbocycles. The summed E-state index contributed by atoms with van der Waals surface area (Å²) >= 11 is 0. The molecule has 1 amide bonds. The van der Waals surface area contributed by atoms with Crippen molar-refractivity contribution in [3.63, 3.8) is 0 Å². The van der Waals surface area contributed by atoms with E-state index >= 15 is 0 Å². The average Bonchev–Trinajstić information content (AvgIpc) is 2.83. The van der Waals surface area contributed by atoms with Crippen molar-refractivity contribution in [3.8, 4) is 0 Å². The summed E-state index contributed by atoms with van der Waals surface area (Å²) in [6, 6.07) is 30.5. The Hall–Kier alpha value is -3.11. The smallest absolute Gasteiger partial charge is 0.237 e. The number of hydrogen-bond acceptors (Lipinski definition) is 3. The summed E-state index contributed by atoms with van der Waals surface area (Å²) in [4.78, 5) is 17.9. The highest BCUT2D eigenvalue weighted by Crippen LogP contribution is 2.23. The van der Waals surface area contributed by atoms with Gasteiger partial charge in [0.1, 0.15) is 0 Å². The third-order valence-corrected chi connectivity index (χ3v) is 5.92. The summed E-state index contributed by atoms with van der Waals surface area (Å²) in [5, 5.41) is 3.30. The third-order valence-electron chi connectivity index (χ3n) is 5.92. The first-order chi connectivity index (χ1) is 14.7. The van der Waals surface area contributed by atoms with Crippen LogP contribution in [-0.4, -0.2) is 43.0 Å². The second kappa shape index (κ2) is 9.59. The lowest BCUT2D eigenvalue weighted by Crippen LogP contribution is -2.54. The van der Waals surface area contributed by atoms with Gasteiger partial charge >= 0.3 is 0 Å². The van der Waals surface area contributed by atoms with E-state index < -0.39 is 0 Å². The van der Waals surface area contributed by atoms with Gasteiger partial charge in [-0.15, -0.1) is 0 Å². The second-order valence-corrected chi connectivity index (χ2v) is 7.80. The maximum atomic E-state index is 13.2. The molecular formula is C26H29N3O. The molecule has 30 heavy (non-hydrogen) atoms. The predicted octanol–water partition coefficient (Wildman–Crippen LogP) is 4.10. The van der Waals surface area contributed by atoms with Crippen LogP contribution in [0.3, 0.4) is 0 Å². The van der Waals surface area contributed by atoms with Gasteiger partial charge < -0.3 is 10.2 Å². The molecule has 0 saturated carbocycles. The van der Waals surface area contributed by atoms with E-state index in [1.54, 1.807) is 0 Å². The topological polar surface area (TPSA) is 35.6 Å². The summed E-state index contributed by atoms with van der Waals surface area (Å²) in [7, 11) is 0. The Morgan fingerprint density at radius 2 is 1.20 bits per heavy atom. The number of carbonyl (C=O) groups is 1. The summed E-state index contributed by atoms with van der Waals surface area (Å²) < 4.78 is 0. The van der Waals surface area contributed by atoms with Crippen molar-refractivity contribution in [1.29, 1.82) is 0 Å². The minimum absolute atomic E-state index is 0.0702. The Morgan fingerprint density at radius 1 is 0.733 bits per heavy atom. The van der Waals surface area contributed by atoms with Gasteiger partial charge in [-0.25, -0.2) is 0 Å². The van der Waals surface area contributed by atoms with Gasteiger partial charge in [0.15, 0.2) is 0 Å². The van der Waals surface area contributed by atoms with Crippen LogP contribution in [0, 0.1) is 0 Å². The monoisotopic (exact) mass is 399 g/mol. The molecule has 0 aliphatic carbocycles. The molecule has 0 aromatic heterocycles. The number of carbonyl (C=O) groups excluding carboxylic acids is 1. The van der Waals surface area contributed by atoms with Gasteiger partial charge in [0.25, 0.3) is 0 Å². The lowest BCUT2D eigenvalue weighted by atomic mass is 9.98. The van der Waals surface area contributed by atoms with Crippen LogP contribution in [-0.2, 0) is 4.79 Å². The fourth-order valence-corrected chi connectivity index (χ4v) is 4.09. The highest BCUT2D eigenvalue weighted by molar-refractivity contribution is 5.82. The van der Waals surface area contributed by atoms with E-state index in [2.05, 4.69) is 63.6 Å². The zero-order chi connectivity index (χ0) is 20.8. The Bertz CT molecular complexity index is 883. The quantitative estimate of drug-likeness (QED) is 0.678. The van der Waals surface area contributed by atoms with Gasteiger partial charge in [-0.1, -0.05) is 78.9 Å². The predicted molar refractivity (Wildman–Crippen MR) is 123 cm³/mol. The molecule has 1 saturated heterocycles. The largest absolute Gasteiger partial charge is 0.369 e. The van der Waals surface area contributed by atoms with Crippen LogP contribution in [0.2, 0.25) is 0 Å². The van der Waals surface area contributed by atoms with E-state index in [1.807, 2.05) is 49.4 Å². The summed E-state index contributed by atoms with van der Waals surface area (Å²) in [6.45, 7) is 5.64. The molecule has 3 aromatic rings. The van der Waals surface area contributed by atoms with Crippen molar-refractivity contribution >= 4 is 11.6 Å². The van der Waals surface area contributed by atoms with Crippen LogP contribution >= 0.6 is 0 Å². The van der Waals surface area contributed by atoms with Crippen molar-refractivity contribution < 1.29 is 4.79 Å². The molecule has 0 unspecified atom stereocenters. The molecule has 1 N–H and O–H groups in total. The van der Waals surface area contributed by atoms with Gasteiger partial charge in [-0.05, 0) is 30.2 Å². The number of hydrogen-bond donors (Lipinski definition) is 1. The lowest BCUT2D eigenvalue weighted by molar-refractivity contribution is -0.126. The molecule has 154 valence electrons. The van der Waals surface area contributed by atoms with Crippen LogP contribution in [0.25, 0.3) is 0 Å². The molecule has 0 radical (unpaired) electrons. The maximum absolute atomic E-state index is 13.2. The van der Waals surface area contributed by atoms with E-state index in [1.165, 1.54) is 5.69 Å². The van der Waals surface area contributed by atoms with E-state index in [0.29, 0.717) is 0 Å². The summed E-state index contributed by atoms with van der Waals surface area (Å²) in [6.07, 6.45) is 0. The Balaban J connectivity index is 1.42. The van der Waals surface area contributed by atoms with Crippen LogP contribution < -0.4 is 10.2 Å². The second-order valence-electron chi connectivity index (χ2n) is 7.80. The number of nitrogens with zero attached hydrogens (tertiary/aromatic N) is 2. The van der Waals surface area contributed by atoms with E-state index in [4.69, 9.17) is 0 Å². The number of benzene rings is 3. The molecular weight excluding hydrogens is 370 g/mol.